The van der Waals surface area contributed by atoms with Crippen LogP contribution in [0.15, 0.2) is 22.8 Å². The molecule has 0 radical (unpaired) electrons. The Bertz CT molecular complexity index is 319. The summed E-state index contributed by atoms with van der Waals surface area (Å²) < 4.78 is 0.982. The lowest BCUT2D eigenvalue weighted by molar-refractivity contribution is 1.20. The van der Waals surface area contributed by atoms with E-state index >= 15 is 0 Å². The van der Waals surface area contributed by atoms with Gasteiger partial charge in [-0.1, -0.05) is 12.2 Å². The Kier molecular flexibility index (Phi) is 2.60. The molecule has 0 bridgehead atoms. The highest BCUT2D eigenvalue weighted by atomic mass is 79.9. The van der Waals surface area contributed by atoms with Gasteiger partial charge in [0.15, 0.2) is 0 Å². The van der Waals surface area contributed by atoms with Crippen LogP contribution in [0.5, 0.6) is 0 Å². The third-order valence-corrected chi connectivity index (χ3v) is 2.83. The zero-order valence-corrected chi connectivity index (χ0v) is 9.36. The first-order chi connectivity index (χ1) is 6.25. The van der Waals surface area contributed by atoms with Crippen molar-refractivity contribution in [1.82, 2.24) is 4.98 Å². The molecule has 1 heterocycles. The van der Waals surface area contributed by atoms with Crippen LogP contribution in [0.3, 0.4) is 0 Å². The van der Waals surface area contributed by atoms with E-state index in [0.29, 0.717) is 5.92 Å². The minimum atomic E-state index is 0.598. The highest BCUT2D eigenvalue weighted by molar-refractivity contribution is 9.10. The molecule has 0 saturated heterocycles. The van der Waals surface area contributed by atoms with Crippen molar-refractivity contribution in [2.24, 2.45) is 5.92 Å². The lowest BCUT2D eigenvalue weighted by Gasteiger charge is -2.04. The highest BCUT2D eigenvalue weighted by Gasteiger charge is 2.26. The van der Waals surface area contributed by atoms with Gasteiger partial charge in [0.1, 0.15) is 5.82 Å². The summed E-state index contributed by atoms with van der Waals surface area (Å²) in [6.07, 6.45) is 4.21. The summed E-state index contributed by atoms with van der Waals surface area (Å²) in [6, 6.07) is 3.86. The number of nitrogens with one attached hydrogen (secondary N) is 1. The molecule has 1 aromatic heterocycles. The smallest absolute Gasteiger partial charge is 0.130 e. The van der Waals surface area contributed by atoms with Gasteiger partial charge in [0.05, 0.1) is 4.99 Å². The van der Waals surface area contributed by atoms with Crippen molar-refractivity contribution in [3.63, 3.8) is 0 Å². The van der Waals surface area contributed by atoms with Crippen LogP contribution in [0.1, 0.15) is 12.8 Å². The zero-order chi connectivity index (χ0) is 9.26. The van der Waals surface area contributed by atoms with Gasteiger partial charge in [-0.05, 0) is 40.9 Å². The predicted molar refractivity (Wildman–Crippen MR) is 60.9 cm³/mol. The van der Waals surface area contributed by atoms with E-state index in [-0.39, 0.29) is 0 Å². The second-order valence-corrected chi connectivity index (χ2v) is 4.48. The van der Waals surface area contributed by atoms with Crippen molar-refractivity contribution in [1.29, 1.82) is 0 Å². The second kappa shape index (κ2) is 3.72. The molecular weight excluding hydrogens is 248 g/mol. The fourth-order valence-electron chi connectivity index (χ4n) is 1.02. The van der Waals surface area contributed by atoms with Crippen molar-refractivity contribution >= 4 is 39.0 Å². The van der Waals surface area contributed by atoms with Gasteiger partial charge in [-0.2, -0.15) is 0 Å². The monoisotopic (exact) mass is 256 g/mol. The van der Waals surface area contributed by atoms with Crippen LogP contribution < -0.4 is 5.32 Å². The van der Waals surface area contributed by atoms with Crippen molar-refractivity contribution < 1.29 is 0 Å². The normalized spacial score (nSPS) is 15.5. The van der Waals surface area contributed by atoms with Gasteiger partial charge in [0.25, 0.3) is 0 Å². The Balaban J connectivity index is 2.00. The molecular formula is C9H9BrN2S. The Morgan fingerprint density at radius 2 is 2.31 bits per heavy atom. The largest absolute Gasteiger partial charge is 0.335 e. The summed E-state index contributed by atoms with van der Waals surface area (Å²) in [7, 11) is 0. The minimum absolute atomic E-state index is 0.598. The molecule has 1 saturated carbocycles. The fourth-order valence-corrected chi connectivity index (χ4v) is 1.60. The topological polar surface area (TPSA) is 24.9 Å². The van der Waals surface area contributed by atoms with Gasteiger partial charge in [0, 0.05) is 16.6 Å². The zero-order valence-electron chi connectivity index (χ0n) is 6.96. The quantitative estimate of drug-likeness (QED) is 0.824. The van der Waals surface area contributed by atoms with Crippen molar-refractivity contribution in [2.75, 3.05) is 5.32 Å². The summed E-state index contributed by atoms with van der Waals surface area (Å²) in [5, 5.41) is 3.13. The van der Waals surface area contributed by atoms with Crippen LogP contribution in [0.4, 0.5) is 5.82 Å². The highest BCUT2D eigenvalue weighted by Crippen LogP contribution is 2.30. The molecule has 0 amide bonds. The number of pyridine rings is 1. The van der Waals surface area contributed by atoms with Crippen LogP contribution in [0.25, 0.3) is 0 Å². The molecule has 0 unspecified atom stereocenters. The molecule has 1 aliphatic carbocycles. The molecule has 1 aliphatic rings. The third kappa shape index (κ3) is 2.48. The molecule has 0 atom stereocenters. The summed E-state index contributed by atoms with van der Waals surface area (Å²) >= 11 is 8.52. The lowest BCUT2D eigenvalue weighted by atomic mass is 10.4. The molecule has 1 aromatic rings. The first-order valence-corrected chi connectivity index (χ1v) is 5.38. The van der Waals surface area contributed by atoms with E-state index in [4.69, 9.17) is 12.2 Å². The second-order valence-electron chi connectivity index (χ2n) is 3.13. The van der Waals surface area contributed by atoms with Crippen LogP contribution in [-0.4, -0.2) is 9.97 Å². The molecule has 4 heteroatoms. The van der Waals surface area contributed by atoms with Crippen molar-refractivity contribution in [2.45, 2.75) is 12.8 Å². The van der Waals surface area contributed by atoms with E-state index in [9.17, 15) is 0 Å². The number of anilines is 1. The lowest BCUT2D eigenvalue weighted by Crippen LogP contribution is -2.11. The number of aromatic nitrogens is 1. The van der Waals surface area contributed by atoms with Crippen molar-refractivity contribution in [3.05, 3.63) is 22.8 Å². The molecule has 1 fully saturated rings. The molecule has 68 valence electrons. The number of halogens is 1. The first kappa shape index (κ1) is 9.09. The maximum atomic E-state index is 5.19. The van der Waals surface area contributed by atoms with E-state index in [2.05, 4.69) is 26.2 Å². The van der Waals surface area contributed by atoms with Crippen LogP contribution in [-0.2, 0) is 0 Å². The van der Waals surface area contributed by atoms with Gasteiger partial charge >= 0.3 is 0 Å². The third-order valence-electron chi connectivity index (χ3n) is 1.93. The molecule has 2 nitrogen and oxygen atoms in total. The summed E-state index contributed by atoms with van der Waals surface area (Å²) in [4.78, 5) is 5.11. The van der Waals surface area contributed by atoms with Gasteiger partial charge in [-0.15, -0.1) is 0 Å². The maximum Gasteiger partial charge on any atom is 0.130 e. The Hall–Kier alpha value is -0.480. The van der Waals surface area contributed by atoms with Crippen molar-refractivity contribution in [3.8, 4) is 0 Å². The molecule has 0 spiro atoms. The Labute approximate surface area is 90.9 Å². The average molecular weight is 257 g/mol. The van der Waals surface area contributed by atoms with Crippen LogP contribution in [0.2, 0.25) is 0 Å². The number of thiocarbonyl (C=S) groups is 1. The van der Waals surface area contributed by atoms with Gasteiger partial charge < -0.3 is 5.32 Å². The van der Waals surface area contributed by atoms with Gasteiger partial charge in [-0.25, -0.2) is 4.98 Å². The standard InChI is InChI=1S/C9H9BrN2S/c10-7-3-4-8(11-5-7)12-9(13)6-1-2-6/h3-6H,1-2H2,(H,11,12,13). The predicted octanol–water partition coefficient (Wildman–Crippen LogP) is 2.99. The summed E-state index contributed by atoms with van der Waals surface area (Å²) in [5.41, 5.74) is 0. The van der Waals surface area contributed by atoms with Crippen LogP contribution in [0, 0.1) is 5.92 Å². The maximum absolute atomic E-state index is 5.19. The summed E-state index contributed by atoms with van der Waals surface area (Å²) in [5.74, 6) is 1.43. The number of hydrogen-bond donors (Lipinski definition) is 1. The molecule has 0 aromatic carbocycles. The number of rotatable bonds is 2. The average Bonchev–Trinajstić information content (AvgIpc) is 2.91. The fraction of sp³-hybridized carbons (Fsp3) is 0.333. The van der Waals surface area contributed by atoms with E-state index in [0.717, 1.165) is 15.3 Å². The molecule has 13 heavy (non-hydrogen) atoms. The van der Waals surface area contributed by atoms with E-state index in [1.54, 1.807) is 6.20 Å². The Morgan fingerprint density at radius 1 is 1.54 bits per heavy atom. The number of nitrogens with zero attached hydrogens (tertiary/aromatic N) is 1. The minimum Gasteiger partial charge on any atom is -0.335 e. The molecule has 1 N–H and O–H groups in total. The first-order valence-electron chi connectivity index (χ1n) is 4.18. The number of hydrogen-bond acceptors (Lipinski definition) is 2. The summed E-state index contributed by atoms with van der Waals surface area (Å²) in [6.45, 7) is 0. The van der Waals surface area contributed by atoms with Crippen LogP contribution >= 0.6 is 28.1 Å². The van der Waals surface area contributed by atoms with E-state index in [1.165, 1.54) is 12.8 Å². The molecule has 0 aliphatic heterocycles. The SMILES string of the molecule is S=C(Nc1ccc(Br)cn1)C1CC1. The van der Waals surface area contributed by atoms with Gasteiger partial charge in [0.2, 0.25) is 0 Å². The van der Waals surface area contributed by atoms with E-state index in [1.807, 2.05) is 12.1 Å². The van der Waals surface area contributed by atoms with Gasteiger partial charge in [-0.3, -0.25) is 0 Å². The van der Waals surface area contributed by atoms with E-state index < -0.39 is 0 Å². The molecule has 2 rings (SSSR count). The Morgan fingerprint density at radius 3 is 2.85 bits per heavy atom.